The summed E-state index contributed by atoms with van der Waals surface area (Å²) in [7, 11) is -2.80. The Hall–Kier alpha value is -0.0900. The van der Waals surface area contributed by atoms with Crippen LogP contribution in [0.25, 0.3) is 0 Å². The average Bonchev–Trinajstić information content (AvgIpc) is 2.00. The Bertz CT molecular complexity index is 268. The maximum Gasteiger partial charge on any atom is 0.151 e. The third-order valence-electron chi connectivity index (χ3n) is 2.94. The quantitative estimate of drug-likeness (QED) is 0.733. The van der Waals surface area contributed by atoms with Crippen LogP contribution in [0.2, 0.25) is 0 Å². The molecular weight excluding hydrogens is 198 g/mol. The molecule has 0 spiro atoms. The van der Waals surface area contributed by atoms with Gasteiger partial charge >= 0.3 is 0 Å². The molecule has 3 nitrogen and oxygen atoms in total. The molecule has 14 heavy (non-hydrogen) atoms. The molecule has 0 amide bonds. The lowest BCUT2D eigenvalue weighted by Gasteiger charge is -2.39. The minimum atomic E-state index is -2.80. The van der Waals surface area contributed by atoms with Crippen molar-refractivity contribution in [2.24, 2.45) is 0 Å². The van der Waals surface area contributed by atoms with Gasteiger partial charge in [0, 0.05) is 17.8 Å². The first-order valence-electron chi connectivity index (χ1n) is 5.43. The second-order valence-corrected chi connectivity index (χ2v) is 6.80. The Balaban J connectivity index is 2.20. The molecule has 0 aliphatic heterocycles. The highest BCUT2D eigenvalue weighted by Gasteiger charge is 2.30. The average molecular weight is 219 g/mol. The van der Waals surface area contributed by atoms with Crippen LogP contribution in [-0.2, 0) is 9.84 Å². The lowest BCUT2D eigenvalue weighted by molar-refractivity contribution is 0.213. The van der Waals surface area contributed by atoms with Crippen LogP contribution in [0.1, 0.15) is 39.5 Å². The molecule has 0 radical (unpaired) electrons. The van der Waals surface area contributed by atoms with E-state index in [0.717, 1.165) is 6.42 Å². The highest BCUT2D eigenvalue weighted by atomic mass is 32.2. The Labute approximate surface area is 87.2 Å². The summed E-state index contributed by atoms with van der Waals surface area (Å²) in [5.74, 6) is 0.613. The monoisotopic (exact) mass is 219 g/mol. The van der Waals surface area contributed by atoms with Gasteiger partial charge in [0.2, 0.25) is 0 Å². The molecule has 0 bridgehead atoms. The molecule has 4 heteroatoms. The van der Waals surface area contributed by atoms with Crippen LogP contribution in [0.4, 0.5) is 0 Å². The summed E-state index contributed by atoms with van der Waals surface area (Å²) < 4.78 is 22.8. The zero-order valence-electron chi connectivity index (χ0n) is 9.17. The topological polar surface area (TPSA) is 46.2 Å². The van der Waals surface area contributed by atoms with E-state index in [1.807, 2.05) is 6.92 Å². The zero-order valence-corrected chi connectivity index (χ0v) is 9.99. The summed E-state index contributed by atoms with van der Waals surface area (Å²) in [5, 5.41) is 3.33. The highest BCUT2D eigenvalue weighted by Crippen LogP contribution is 2.30. The summed E-state index contributed by atoms with van der Waals surface area (Å²) in [4.78, 5) is 0. The largest absolute Gasteiger partial charge is 0.311 e. The first-order valence-corrected chi connectivity index (χ1v) is 7.25. The fraction of sp³-hybridized carbons (Fsp3) is 1.00. The van der Waals surface area contributed by atoms with E-state index < -0.39 is 9.84 Å². The lowest BCUT2D eigenvalue weighted by Crippen LogP contribution is -2.49. The van der Waals surface area contributed by atoms with Crippen LogP contribution < -0.4 is 5.32 Å². The second kappa shape index (κ2) is 4.62. The number of rotatable bonds is 6. The molecule has 0 aromatic rings. The molecule has 0 saturated heterocycles. The number of sulfone groups is 1. The van der Waals surface area contributed by atoms with Crippen LogP contribution >= 0.6 is 0 Å². The van der Waals surface area contributed by atoms with Gasteiger partial charge in [0.15, 0.2) is 9.84 Å². The Morgan fingerprint density at radius 2 is 1.93 bits per heavy atom. The summed E-state index contributed by atoms with van der Waals surface area (Å²) >= 11 is 0. The number of hydrogen-bond acceptors (Lipinski definition) is 3. The molecule has 1 aliphatic carbocycles. The van der Waals surface area contributed by atoms with Gasteiger partial charge in [-0.15, -0.1) is 0 Å². The molecular formula is C10H21NO2S. The summed E-state index contributed by atoms with van der Waals surface area (Å²) in [6.07, 6.45) is 4.35. The van der Waals surface area contributed by atoms with Crippen molar-refractivity contribution in [3.05, 3.63) is 0 Å². The Morgan fingerprint density at radius 1 is 1.29 bits per heavy atom. The van der Waals surface area contributed by atoms with Gasteiger partial charge in [-0.1, -0.05) is 6.92 Å². The van der Waals surface area contributed by atoms with E-state index in [0.29, 0.717) is 12.3 Å². The zero-order chi connectivity index (χ0) is 10.7. The van der Waals surface area contributed by atoms with Crippen molar-refractivity contribution in [1.29, 1.82) is 0 Å². The van der Waals surface area contributed by atoms with Crippen LogP contribution in [-0.4, -0.2) is 32.0 Å². The van der Waals surface area contributed by atoms with Crippen molar-refractivity contribution >= 4 is 9.84 Å². The van der Waals surface area contributed by atoms with Crippen LogP contribution in [0, 0.1) is 0 Å². The van der Waals surface area contributed by atoms with Crippen molar-refractivity contribution < 1.29 is 8.42 Å². The minimum absolute atomic E-state index is 0.224. The predicted octanol–water partition coefficient (Wildman–Crippen LogP) is 1.34. The molecule has 1 N–H and O–H groups in total. The van der Waals surface area contributed by atoms with Gasteiger partial charge in [0.05, 0.1) is 5.75 Å². The fourth-order valence-electron chi connectivity index (χ4n) is 1.81. The third kappa shape index (κ3) is 3.58. The molecule has 0 atom stereocenters. The maximum absolute atomic E-state index is 11.4. The summed E-state index contributed by atoms with van der Waals surface area (Å²) in [5.41, 5.74) is 0.224. The molecule has 0 aromatic carbocycles. The lowest BCUT2D eigenvalue weighted by atomic mass is 9.79. The van der Waals surface area contributed by atoms with E-state index in [1.165, 1.54) is 19.3 Å². The van der Waals surface area contributed by atoms with Gasteiger partial charge in [0.25, 0.3) is 0 Å². The first kappa shape index (κ1) is 12.0. The van der Waals surface area contributed by atoms with Crippen molar-refractivity contribution in [2.45, 2.75) is 45.1 Å². The predicted molar refractivity (Wildman–Crippen MR) is 59.2 cm³/mol. The fourth-order valence-corrected chi connectivity index (χ4v) is 3.04. The Morgan fingerprint density at radius 3 is 2.36 bits per heavy atom. The minimum Gasteiger partial charge on any atom is -0.311 e. The van der Waals surface area contributed by atoms with Crippen LogP contribution in [0.5, 0.6) is 0 Å². The molecule has 1 aliphatic rings. The molecule has 0 unspecified atom stereocenters. The van der Waals surface area contributed by atoms with Crippen molar-refractivity contribution in [3.8, 4) is 0 Å². The summed E-state index contributed by atoms with van der Waals surface area (Å²) in [6.45, 7) is 4.68. The van der Waals surface area contributed by atoms with E-state index in [2.05, 4.69) is 12.2 Å². The van der Waals surface area contributed by atoms with E-state index in [-0.39, 0.29) is 11.3 Å². The van der Waals surface area contributed by atoms with E-state index >= 15 is 0 Å². The van der Waals surface area contributed by atoms with E-state index in [4.69, 9.17) is 0 Å². The van der Waals surface area contributed by atoms with Gasteiger partial charge < -0.3 is 5.32 Å². The number of nitrogens with one attached hydrogen (secondary N) is 1. The Kier molecular flexibility index (Phi) is 3.95. The van der Waals surface area contributed by atoms with Crippen LogP contribution in [0.3, 0.4) is 0 Å². The highest BCUT2D eigenvalue weighted by molar-refractivity contribution is 7.91. The normalized spacial score (nSPS) is 20.4. The smallest absolute Gasteiger partial charge is 0.151 e. The molecule has 0 aromatic heterocycles. The van der Waals surface area contributed by atoms with Gasteiger partial charge in [-0.2, -0.15) is 0 Å². The SMILES string of the molecule is CCCS(=O)(=O)CCNC1(C)CCC1. The van der Waals surface area contributed by atoms with Gasteiger partial charge in [-0.25, -0.2) is 8.42 Å². The summed E-state index contributed by atoms with van der Waals surface area (Å²) in [6, 6.07) is 0. The van der Waals surface area contributed by atoms with Gasteiger partial charge in [-0.05, 0) is 32.6 Å². The second-order valence-electron chi connectivity index (χ2n) is 4.49. The van der Waals surface area contributed by atoms with Crippen molar-refractivity contribution in [1.82, 2.24) is 5.32 Å². The molecule has 1 rings (SSSR count). The maximum atomic E-state index is 11.4. The van der Waals surface area contributed by atoms with Crippen molar-refractivity contribution in [2.75, 3.05) is 18.1 Å². The van der Waals surface area contributed by atoms with E-state index in [9.17, 15) is 8.42 Å². The standard InChI is InChI=1S/C10H21NO2S/c1-3-8-14(12,13)9-7-11-10(2)5-4-6-10/h11H,3-9H2,1-2H3. The molecule has 1 saturated carbocycles. The van der Waals surface area contributed by atoms with Gasteiger partial charge in [-0.3, -0.25) is 0 Å². The molecule has 1 fully saturated rings. The molecule has 84 valence electrons. The number of hydrogen-bond donors (Lipinski definition) is 1. The van der Waals surface area contributed by atoms with Gasteiger partial charge in [0.1, 0.15) is 0 Å². The first-order chi connectivity index (χ1) is 6.47. The van der Waals surface area contributed by atoms with Crippen molar-refractivity contribution in [3.63, 3.8) is 0 Å². The van der Waals surface area contributed by atoms with Crippen LogP contribution in [0.15, 0.2) is 0 Å². The van der Waals surface area contributed by atoms with E-state index in [1.54, 1.807) is 0 Å². The third-order valence-corrected chi connectivity index (χ3v) is 4.79. The molecule has 0 heterocycles.